The van der Waals surface area contributed by atoms with Crippen LogP contribution in [0, 0.1) is 0 Å². The Morgan fingerprint density at radius 3 is 2.75 bits per heavy atom. The molecular formula is C27H31NO4. The highest BCUT2D eigenvalue weighted by molar-refractivity contribution is 5.92. The molecule has 3 aliphatic rings. The molecule has 2 aromatic carbocycles. The van der Waals surface area contributed by atoms with E-state index in [1.165, 1.54) is 34.2 Å². The van der Waals surface area contributed by atoms with Crippen molar-refractivity contribution in [3.8, 4) is 11.1 Å². The van der Waals surface area contributed by atoms with Gasteiger partial charge in [0.1, 0.15) is 0 Å². The standard InChI is InChI=1S/C27H31NO4/c29-12-3-4-13-31-26-17-20(16-25(32-26)27(30)28-22-7-5-8-22)18-10-11-24-21(14-18)15-19-6-1-2-9-23(19)24/h1-2,6,9-11,14,16,20,22,26,29H,3-5,7-8,12-13,15,17H2,(H,28,30)/t20-,26+/m1/s1. The van der Waals surface area contributed by atoms with Crippen LogP contribution in [-0.2, 0) is 20.7 Å². The highest BCUT2D eigenvalue weighted by atomic mass is 16.7. The van der Waals surface area contributed by atoms with Crippen molar-refractivity contribution in [3.63, 3.8) is 0 Å². The number of rotatable bonds is 8. The molecule has 0 aromatic heterocycles. The van der Waals surface area contributed by atoms with Gasteiger partial charge in [0.25, 0.3) is 5.91 Å². The number of unbranched alkanes of at least 4 members (excludes halogenated alkanes) is 1. The third kappa shape index (κ3) is 4.45. The molecular weight excluding hydrogens is 402 g/mol. The molecule has 1 heterocycles. The maximum atomic E-state index is 12.8. The van der Waals surface area contributed by atoms with Crippen LogP contribution in [0.5, 0.6) is 0 Å². The van der Waals surface area contributed by atoms with E-state index in [1.807, 2.05) is 6.08 Å². The minimum atomic E-state index is -0.462. The third-order valence-corrected chi connectivity index (χ3v) is 6.82. The first kappa shape index (κ1) is 21.2. The molecule has 2 atom stereocenters. The molecule has 2 N–H and O–H groups in total. The van der Waals surface area contributed by atoms with Crippen molar-refractivity contribution in [1.29, 1.82) is 0 Å². The van der Waals surface area contributed by atoms with Gasteiger partial charge in [-0.3, -0.25) is 4.79 Å². The van der Waals surface area contributed by atoms with Gasteiger partial charge in [-0.25, -0.2) is 0 Å². The zero-order valence-electron chi connectivity index (χ0n) is 18.4. The highest BCUT2D eigenvalue weighted by Crippen LogP contribution is 2.40. The summed E-state index contributed by atoms with van der Waals surface area (Å²) in [7, 11) is 0. The number of carbonyl (C=O) groups is 1. The van der Waals surface area contributed by atoms with Gasteiger partial charge < -0.3 is 19.9 Å². The molecule has 5 nitrogen and oxygen atoms in total. The molecule has 32 heavy (non-hydrogen) atoms. The Morgan fingerprint density at radius 2 is 1.94 bits per heavy atom. The molecule has 5 rings (SSSR count). The fourth-order valence-electron chi connectivity index (χ4n) is 4.78. The van der Waals surface area contributed by atoms with Crippen LogP contribution < -0.4 is 5.32 Å². The van der Waals surface area contributed by atoms with Crippen LogP contribution in [0.2, 0.25) is 0 Å². The average molecular weight is 434 g/mol. The first-order valence-electron chi connectivity index (χ1n) is 11.8. The molecule has 0 unspecified atom stereocenters. The summed E-state index contributed by atoms with van der Waals surface area (Å²) in [5, 5.41) is 12.1. The number of benzene rings is 2. The predicted octanol–water partition coefficient (Wildman–Crippen LogP) is 4.43. The van der Waals surface area contributed by atoms with Crippen molar-refractivity contribution in [2.75, 3.05) is 13.2 Å². The normalized spacial score (nSPS) is 21.7. The topological polar surface area (TPSA) is 67.8 Å². The first-order valence-corrected chi connectivity index (χ1v) is 11.8. The lowest BCUT2D eigenvalue weighted by atomic mass is 9.90. The van der Waals surface area contributed by atoms with Crippen molar-refractivity contribution < 1.29 is 19.4 Å². The second kappa shape index (κ2) is 9.47. The largest absolute Gasteiger partial charge is 0.459 e. The summed E-state index contributed by atoms with van der Waals surface area (Å²) in [6.07, 6.45) is 7.83. The van der Waals surface area contributed by atoms with Crippen LogP contribution >= 0.6 is 0 Å². The van der Waals surface area contributed by atoms with Crippen molar-refractivity contribution in [1.82, 2.24) is 5.32 Å². The zero-order valence-corrected chi connectivity index (χ0v) is 18.4. The van der Waals surface area contributed by atoms with E-state index >= 15 is 0 Å². The maximum Gasteiger partial charge on any atom is 0.286 e. The lowest BCUT2D eigenvalue weighted by Gasteiger charge is -2.32. The highest BCUT2D eigenvalue weighted by Gasteiger charge is 2.31. The summed E-state index contributed by atoms with van der Waals surface area (Å²) in [4.78, 5) is 12.8. The van der Waals surface area contributed by atoms with Gasteiger partial charge in [0, 0.05) is 25.0 Å². The molecule has 1 saturated carbocycles. The molecule has 0 bridgehead atoms. The Hall–Kier alpha value is -2.63. The van der Waals surface area contributed by atoms with E-state index in [-0.39, 0.29) is 24.5 Å². The number of nitrogens with one attached hydrogen (secondary N) is 1. The SMILES string of the molecule is O=C(NC1CCC1)C1=C[C@@H](c2ccc3c(c2)Cc2ccccc2-3)C[C@@H](OCCCCO)O1. The van der Waals surface area contributed by atoms with Crippen molar-refractivity contribution in [2.24, 2.45) is 0 Å². The minimum absolute atomic E-state index is 0.0581. The van der Waals surface area contributed by atoms with Gasteiger partial charge in [-0.1, -0.05) is 42.5 Å². The van der Waals surface area contributed by atoms with Crippen molar-refractivity contribution in [2.45, 2.75) is 63.2 Å². The zero-order chi connectivity index (χ0) is 21.9. The lowest BCUT2D eigenvalue weighted by molar-refractivity contribution is -0.147. The minimum Gasteiger partial charge on any atom is -0.459 e. The van der Waals surface area contributed by atoms with Crippen molar-refractivity contribution >= 4 is 5.91 Å². The Kier molecular flexibility index (Phi) is 6.28. The molecule has 1 amide bonds. The summed E-state index contributed by atoms with van der Waals surface area (Å²) in [5.41, 5.74) is 6.53. The van der Waals surface area contributed by atoms with Crippen LogP contribution in [0.4, 0.5) is 0 Å². The summed E-state index contributed by atoms with van der Waals surface area (Å²) >= 11 is 0. The predicted molar refractivity (Wildman–Crippen MR) is 123 cm³/mol. The van der Waals surface area contributed by atoms with Crippen LogP contribution in [-0.4, -0.2) is 36.6 Å². The molecule has 0 saturated heterocycles. The van der Waals surface area contributed by atoms with Crippen LogP contribution in [0.15, 0.2) is 54.3 Å². The molecule has 5 heteroatoms. The van der Waals surface area contributed by atoms with Crippen LogP contribution in [0.1, 0.15) is 61.1 Å². The molecule has 168 valence electrons. The Balaban J connectivity index is 1.36. The quantitative estimate of drug-likeness (QED) is 0.516. The van der Waals surface area contributed by atoms with Gasteiger partial charge in [0.2, 0.25) is 6.29 Å². The monoisotopic (exact) mass is 433 g/mol. The third-order valence-electron chi connectivity index (χ3n) is 6.82. The number of ether oxygens (including phenoxy) is 2. The summed E-state index contributed by atoms with van der Waals surface area (Å²) in [5.74, 6) is 0.281. The molecule has 1 aliphatic heterocycles. The van der Waals surface area contributed by atoms with Crippen molar-refractivity contribution in [3.05, 3.63) is 71.0 Å². The van der Waals surface area contributed by atoms with E-state index in [2.05, 4.69) is 47.8 Å². The molecule has 0 radical (unpaired) electrons. The Morgan fingerprint density at radius 1 is 1.09 bits per heavy atom. The summed E-state index contributed by atoms with van der Waals surface area (Å²) in [6, 6.07) is 15.5. The summed E-state index contributed by atoms with van der Waals surface area (Å²) < 4.78 is 11.9. The van der Waals surface area contributed by atoms with Gasteiger partial charge in [-0.15, -0.1) is 0 Å². The maximum absolute atomic E-state index is 12.8. The van der Waals surface area contributed by atoms with E-state index in [0.29, 0.717) is 25.2 Å². The molecule has 0 spiro atoms. The van der Waals surface area contributed by atoms with E-state index in [0.717, 1.165) is 25.7 Å². The number of hydrogen-bond acceptors (Lipinski definition) is 4. The van der Waals surface area contributed by atoms with Gasteiger partial charge in [0.05, 0.1) is 6.61 Å². The molecule has 2 aliphatic carbocycles. The number of hydrogen-bond donors (Lipinski definition) is 2. The fraction of sp³-hybridized carbons (Fsp3) is 0.444. The number of allylic oxidation sites excluding steroid dienone is 1. The number of fused-ring (bicyclic) bond motifs is 3. The number of amides is 1. The number of aliphatic hydroxyl groups excluding tert-OH is 1. The van der Waals surface area contributed by atoms with Crippen LogP contribution in [0.3, 0.4) is 0 Å². The van der Waals surface area contributed by atoms with E-state index in [9.17, 15) is 4.79 Å². The van der Waals surface area contributed by atoms with Gasteiger partial charge in [-0.2, -0.15) is 0 Å². The van der Waals surface area contributed by atoms with Crippen LogP contribution in [0.25, 0.3) is 11.1 Å². The van der Waals surface area contributed by atoms with Gasteiger partial charge in [0.15, 0.2) is 5.76 Å². The second-order valence-corrected chi connectivity index (χ2v) is 9.07. The molecule has 2 aromatic rings. The summed E-state index contributed by atoms with van der Waals surface area (Å²) in [6.45, 7) is 0.666. The lowest BCUT2D eigenvalue weighted by Crippen LogP contribution is -2.42. The first-order chi connectivity index (χ1) is 15.7. The smallest absolute Gasteiger partial charge is 0.286 e. The number of aliphatic hydroxyl groups is 1. The number of carbonyl (C=O) groups excluding carboxylic acids is 1. The molecule has 1 fully saturated rings. The van der Waals surface area contributed by atoms with E-state index in [4.69, 9.17) is 14.6 Å². The van der Waals surface area contributed by atoms with Gasteiger partial charge >= 0.3 is 0 Å². The fourth-order valence-corrected chi connectivity index (χ4v) is 4.78. The van der Waals surface area contributed by atoms with E-state index < -0.39 is 6.29 Å². The average Bonchev–Trinajstić information content (AvgIpc) is 3.16. The Labute approximate surface area is 189 Å². The Bertz CT molecular complexity index is 1010. The second-order valence-electron chi connectivity index (χ2n) is 9.07. The van der Waals surface area contributed by atoms with E-state index in [1.54, 1.807) is 0 Å². The van der Waals surface area contributed by atoms with Gasteiger partial charge in [-0.05, 0) is 72.4 Å².